The molecule has 0 radical (unpaired) electrons. The highest BCUT2D eigenvalue weighted by Gasteiger charge is 2.12. The van der Waals surface area contributed by atoms with Crippen molar-refractivity contribution >= 4 is 40.3 Å². The van der Waals surface area contributed by atoms with Crippen molar-refractivity contribution in [2.24, 2.45) is 16.0 Å². The lowest BCUT2D eigenvalue weighted by Gasteiger charge is -1.98. The Bertz CT molecular complexity index is 762. The van der Waals surface area contributed by atoms with Crippen molar-refractivity contribution in [1.82, 2.24) is 9.78 Å². The summed E-state index contributed by atoms with van der Waals surface area (Å²) in [5.41, 5.74) is 7.19. The molecule has 104 valence electrons. The molecule has 2 aromatic rings. The Balaban J connectivity index is 2.44. The Kier molecular flexibility index (Phi) is 4.01. The van der Waals surface area contributed by atoms with E-state index < -0.39 is 5.56 Å². The highest BCUT2D eigenvalue weighted by Crippen LogP contribution is 2.25. The number of nitrogens with two attached hydrogens (primary N) is 1. The van der Waals surface area contributed by atoms with Gasteiger partial charge < -0.3 is 5.73 Å². The summed E-state index contributed by atoms with van der Waals surface area (Å²) in [5.74, 6) is 0. The van der Waals surface area contributed by atoms with E-state index in [4.69, 9.17) is 29.6 Å². The van der Waals surface area contributed by atoms with Gasteiger partial charge in [-0.1, -0.05) is 17.7 Å². The van der Waals surface area contributed by atoms with E-state index in [-0.39, 0.29) is 10.8 Å². The largest absolute Gasteiger partial charge is 0.374 e. The predicted octanol–water partition coefficient (Wildman–Crippen LogP) is 2.95. The van der Waals surface area contributed by atoms with E-state index in [1.165, 1.54) is 0 Å². The number of aromatic amines is 1. The minimum Gasteiger partial charge on any atom is -0.374 e. The number of nitrogens with zero attached hydrogens (tertiary/aromatic N) is 3. The molecule has 1 heterocycles. The van der Waals surface area contributed by atoms with Crippen LogP contribution in [0.4, 0.5) is 11.4 Å². The van der Waals surface area contributed by atoms with Crippen LogP contribution in [0.1, 0.15) is 11.3 Å². The number of aryl methyl sites for hydroxylation is 2. The topological polar surface area (TPSA) is 88.5 Å². The molecule has 0 aliphatic carbocycles. The van der Waals surface area contributed by atoms with Gasteiger partial charge >= 0.3 is 5.56 Å². The number of rotatable bonds is 2. The molecule has 1 aromatic carbocycles. The van der Waals surface area contributed by atoms with Crippen LogP contribution in [0.25, 0.3) is 0 Å². The van der Waals surface area contributed by atoms with Crippen LogP contribution in [0.15, 0.2) is 33.2 Å². The standard InChI is InChI=1S/C12H12ClN5OS/c1-6-3-4-8(13)5-9(6)15-16-10-7(2)17-18(11(10)19)12(14)20/h3-5,17H,1-2H3,(H2,14,20). The van der Waals surface area contributed by atoms with Crippen molar-refractivity contribution in [3.63, 3.8) is 0 Å². The minimum absolute atomic E-state index is 0.0708. The molecule has 1 aromatic heterocycles. The van der Waals surface area contributed by atoms with E-state index >= 15 is 0 Å². The van der Waals surface area contributed by atoms with Gasteiger partial charge in [0, 0.05) is 5.02 Å². The molecule has 0 bridgehead atoms. The fourth-order valence-electron chi connectivity index (χ4n) is 1.60. The van der Waals surface area contributed by atoms with Crippen LogP contribution < -0.4 is 11.3 Å². The Morgan fingerprint density at radius 3 is 2.70 bits per heavy atom. The van der Waals surface area contributed by atoms with Gasteiger partial charge in [0.05, 0.1) is 11.4 Å². The molecule has 0 unspecified atom stereocenters. The van der Waals surface area contributed by atoms with E-state index in [1.54, 1.807) is 19.1 Å². The summed E-state index contributed by atoms with van der Waals surface area (Å²) in [7, 11) is 0. The lowest BCUT2D eigenvalue weighted by atomic mass is 10.2. The molecular formula is C12H12ClN5OS. The first kappa shape index (κ1) is 14.4. The Hall–Kier alpha value is -1.99. The predicted molar refractivity (Wildman–Crippen MR) is 82.3 cm³/mol. The van der Waals surface area contributed by atoms with E-state index in [0.29, 0.717) is 16.4 Å². The number of thiocarbonyl (C=S) groups is 1. The van der Waals surface area contributed by atoms with Crippen LogP contribution in [0.5, 0.6) is 0 Å². The summed E-state index contributed by atoms with van der Waals surface area (Å²) in [5, 5.41) is 11.2. The molecule has 0 fully saturated rings. The van der Waals surface area contributed by atoms with Crippen molar-refractivity contribution in [1.29, 1.82) is 0 Å². The molecule has 6 nitrogen and oxygen atoms in total. The zero-order valence-corrected chi connectivity index (χ0v) is 12.4. The number of hydrogen-bond donors (Lipinski definition) is 2. The highest BCUT2D eigenvalue weighted by atomic mass is 35.5. The molecule has 0 aliphatic rings. The van der Waals surface area contributed by atoms with Gasteiger partial charge in [0.2, 0.25) is 0 Å². The quantitative estimate of drug-likeness (QED) is 0.660. The first-order valence-corrected chi connectivity index (χ1v) is 6.48. The molecule has 0 atom stereocenters. The molecule has 2 rings (SSSR count). The van der Waals surface area contributed by atoms with Crippen LogP contribution in [0, 0.1) is 13.8 Å². The lowest BCUT2D eigenvalue weighted by Crippen LogP contribution is -2.29. The van der Waals surface area contributed by atoms with Gasteiger partial charge in [0.1, 0.15) is 0 Å². The fraction of sp³-hybridized carbons (Fsp3) is 0.167. The Morgan fingerprint density at radius 1 is 1.40 bits per heavy atom. The third-order valence-electron chi connectivity index (χ3n) is 2.69. The van der Waals surface area contributed by atoms with Crippen LogP contribution >= 0.6 is 23.8 Å². The zero-order valence-electron chi connectivity index (χ0n) is 10.8. The molecule has 0 spiro atoms. The Morgan fingerprint density at radius 2 is 2.10 bits per heavy atom. The van der Waals surface area contributed by atoms with E-state index in [2.05, 4.69) is 15.3 Å². The molecular weight excluding hydrogens is 298 g/mol. The maximum atomic E-state index is 12.0. The van der Waals surface area contributed by atoms with Crippen LogP contribution in [-0.4, -0.2) is 14.9 Å². The first-order chi connectivity index (χ1) is 9.40. The summed E-state index contributed by atoms with van der Waals surface area (Å²) in [6.07, 6.45) is 0. The van der Waals surface area contributed by atoms with Crippen molar-refractivity contribution < 1.29 is 0 Å². The molecule has 0 saturated carbocycles. The van der Waals surface area contributed by atoms with Crippen LogP contribution in [0.3, 0.4) is 0 Å². The Labute approximate surface area is 125 Å². The first-order valence-electron chi connectivity index (χ1n) is 5.69. The minimum atomic E-state index is -0.432. The van der Waals surface area contributed by atoms with Crippen molar-refractivity contribution in [2.45, 2.75) is 13.8 Å². The van der Waals surface area contributed by atoms with Gasteiger partial charge in [-0.05, 0) is 43.8 Å². The van der Waals surface area contributed by atoms with Gasteiger partial charge in [-0.25, -0.2) is 0 Å². The van der Waals surface area contributed by atoms with Gasteiger partial charge in [0.25, 0.3) is 0 Å². The van der Waals surface area contributed by atoms with E-state index in [0.717, 1.165) is 10.2 Å². The smallest absolute Gasteiger partial charge is 0.301 e. The number of nitrogens with one attached hydrogen (secondary N) is 1. The summed E-state index contributed by atoms with van der Waals surface area (Å²) in [6, 6.07) is 5.26. The monoisotopic (exact) mass is 309 g/mol. The number of halogens is 1. The summed E-state index contributed by atoms with van der Waals surface area (Å²) in [6.45, 7) is 3.57. The van der Waals surface area contributed by atoms with Gasteiger partial charge in [0.15, 0.2) is 10.8 Å². The maximum Gasteiger partial charge on any atom is 0.301 e. The second-order valence-electron chi connectivity index (χ2n) is 4.20. The summed E-state index contributed by atoms with van der Waals surface area (Å²) < 4.78 is 1.05. The lowest BCUT2D eigenvalue weighted by molar-refractivity contribution is 0.889. The zero-order chi connectivity index (χ0) is 14.9. The fourth-order valence-corrected chi connectivity index (χ4v) is 1.90. The van der Waals surface area contributed by atoms with Crippen molar-refractivity contribution in [3.8, 4) is 0 Å². The van der Waals surface area contributed by atoms with Gasteiger partial charge in [-0.15, -0.1) is 10.2 Å². The van der Waals surface area contributed by atoms with Crippen LogP contribution in [0.2, 0.25) is 5.02 Å². The van der Waals surface area contributed by atoms with Gasteiger partial charge in [-0.3, -0.25) is 9.89 Å². The third-order valence-corrected chi connectivity index (χ3v) is 3.11. The van der Waals surface area contributed by atoms with Crippen molar-refractivity contribution in [3.05, 3.63) is 44.8 Å². The number of aromatic nitrogens is 2. The molecule has 0 saturated heterocycles. The van der Waals surface area contributed by atoms with E-state index in [9.17, 15) is 4.79 Å². The molecule has 3 N–H and O–H groups in total. The summed E-state index contributed by atoms with van der Waals surface area (Å²) in [4.78, 5) is 12.0. The van der Waals surface area contributed by atoms with Crippen molar-refractivity contribution in [2.75, 3.05) is 0 Å². The highest BCUT2D eigenvalue weighted by molar-refractivity contribution is 7.80. The average Bonchev–Trinajstić information content (AvgIpc) is 2.67. The second-order valence-corrected chi connectivity index (χ2v) is 5.05. The normalized spacial score (nSPS) is 11.2. The number of azo groups is 1. The number of benzene rings is 1. The maximum absolute atomic E-state index is 12.0. The third kappa shape index (κ3) is 2.78. The molecule has 0 aliphatic heterocycles. The van der Waals surface area contributed by atoms with Gasteiger partial charge in [-0.2, -0.15) is 4.68 Å². The van der Waals surface area contributed by atoms with E-state index in [1.807, 2.05) is 13.0 Å². The number of H-pyrrole nitrogens is 1. The number of hydrogen-bond acceptors (Lipinski definition) is 4. The molecule has 0 amide bonds. The summed E-state index contributed by atoms with van der Waals surface area (Å²) >= 11 is 10.7. The molecule has 8 heteroatoms. The second kappa shape index (κ2) is 5.56. The SMILES string of the molecule is Cc1ccc(Cl)cc1N=Nc1c(C)[nH]n(C(N)=S)c1=O. The van der Waals surface area contributed by atoms with Crippen LogP contribution in [-0.2, 0) is 0 Å². The average molecular weight is 310 g/mol. The molecule has 20 heavy (non-hydrogen) atoms.